The van der Waals surface area contributed by atoms with Gasteiger partial charge in [-0.15, -0.1) is 0 Å². The largest absolute Gasteiger partial charge is 0.472 e. The number of hydrogen-bond donors (Lipinski definition) is 3. The first-order valence-electron chi connectivity index (χ1n) is 17.7. The zero-order chi connectivity index (χ0) is 33.8. The van der Waals surface area contributed by atoms with E-state index in [1.54, 1.807) is 0 Å². The normalized spacial score (nSPS) is 15.0. The van der Waals surface area contributed by atoms with E-state index in [1.165, 1.54) is 64.2 Å². The van der Waals surface area contributed by atoms with Crippen molar-refractivity contribution in [2.75, 3.05) is 26.4 Å². The third-order valence-corrected chi connectivity index (χ3v) is 8.93. The topological polar surface area (TPSA) is 149 Å². The summed E-state index contributed by atoms with van der Waals surface area (Å²) in [6.07, 6.45) is 18.2. The van der Waals surface area contributed by atoms with Crippen LogP contribution in [-0.4, -0.2) is 65.7 Å². The molecule has 4 atom stereocenters. The van der Waals surface area contributed by atoms with E-state index in [2.05, 4.69) is 32.2 Å². The average molecular weight is 667 g/mol. The second kappa shape index (κ2) is 29.1. The lowest BCUT2D eigenvalue weighted by molar-refractivity contribution is -0.161. The van der Waals surface area contributed by atoms with Crippen LogP contribution in [0, 0.1) is 11.8 Å². The first-order chi connectivity index (χ1) is 21.5. The SMILES string of the molecule is CCC(C)CCCCCCCCC(=O)OC[C@H](COP(=O)(O)OC[C@@H](O)CO)OC(=O)CCCCCCCCCCCC(C)C. The molecule has 0 aromatic heterocycles. The van der Waals surface area contributed by atoms with Gasteiger partial charge < -0.3 is 24.6 Å². The predicted octanol–water partition coefficient (Wildman–Crippen LogP) is 8.04. The third kappa shape index (κ3) is 30.1. The fourth-order valence-corrected chi connectivity index (χ4v) is 5.59. The molecular formula is C34H67O10P. The quantitative estimate of drug-likeness (QED) is 0.0366. The van der Waals surface area contributed by atoms with Crippen molar-refractivity contribution in [1.29, 1.82) is 0 Å². The molecule has 0 rings (SSSR count). The highest BCUT2D eigenvalue weighted by Crippen LogP contribution is 2.43. The third-order valence-electron chi connectivity index (χ3n) is 7.98. The van der Waals surface area contributed by atoms with Crippen LogP contribution in [-0.2, 0) is 32.7 Å². The molecule has 45 heavy (non-hydrogen) atoms. The Bertz CT molecular complexity index is 763. The molecular weight excluding hydrogens is 599 g/mol. The highest BCUT2D eigenvalue weighted by Gasteiger charge is 2.27. The number of esters is 2. The first kappa shape index (κ1) is 44.0. The van der Waals surface area contributed by atoms with Gasteiger partial charge in [-0.2, -0.15) is 0 Å². The van der Waals surface area contributed by atoms with Gasteiger partial charge in [0, 0.05) is 12.8 Å². The van der Waals surface area contributed by atoms with Gasteiger partial charge in [0.1, 0.15) is 12.7 Å². The van der Waals surface area contributed by atoms with Crippen molar-refractivity contribution in [1.82, 2.24) is 0 Å². The highest BCUT2D eigenvalue weighted by atomic mass is 31.2. The summed E-state index contributed by atoms with van der Waals surface area (Å²) in [5.74, 6) is 0.624. The molecule has 11 heteroatoms. The van der Waals surface area contributed by atoms with Gasteiger partial charge >= 0.3 is 19.8 Å². The van der Waals surface area contributed by atoms with Gasteiger partial charge in [-0.1, -0.05) is 130 Å². The second-order valence-electron chi connectivity index (χ2n) is 13.0. The number of unbranched alkanes of at least 4 members (excludes halogenated alkanes) is 13. The number of phosphoric acid groups is 1. The molecule has 0 saturated carbocycles. The van der Waals surface area contributed by atoms with E-state index < -0.39 is 51.8 Å². The number of aliphatic hydroxyl groups is 2. The van der Waals surface area contributed by atoms with E-state index in [4.69, 9.17) is 19.1 Å². The number of hydrogen-bond acceptors (Lipinski definition) is 9. The van der Waals surface area contributed by atoms with E-state index in [-0.39, 0.29) is 19.4 Å². The molecule has 0 aliphatic rings. The van der Waals surface area contributed by atoms with Crippen LogP contribution in [0.1, 0.15) is 156 Å². The van der Waals surface area contributed by atoms with Crippen molar-refractivity contribution in [3.63, 3.8) is 0 Å². The molecule has 0 saturated heterocycles. The standard InChI is InChI=1S/C34H67O10P/c1-5-30(4)22-18-14-11-12-15-19-23-33(37)41-27-32(28-43-45(39,40)42-26-31(36)25-35)44-34(38)24-20-16-10-8-6-7-9-13-17-21-29(2)3/h29-32,35-36H,5-28H2,1-4H3,(H,39,40)/t30?,31-,32+/m0/s1. The molecule has 0 radical (unpaired) electrons. The predicted molar refractivity (Wildman–Crippen MR) is 178 cm³/mol. The van der Waals surface area contributed by atoms with Crippen molar-refractivity contribution in [2.24, 2.45) is 11.8 Å². The molecule has 10 nitrogen and oxygen atoms in total. The fraction of sp³-hybridized carbons (Fsp3) is 0.941. The second-order valence-corrected chi connectivity index (χ2v) is 14.4. The van der Waals surface area contributed by atoms with Crippen LogP contribution < -0.4 is 0 Å². The minimum atomic E-state index is -4.60. The molecule has 0 aliphatic carbocycles. The smallest absolute Gasteiger partial charge is 0.462 e. The Morgan fingerprint density at radius 3 is 1.64 bits per heavy atom. The van der Waals surface area contributed by atoms with E-state index >= 15 is 0 Å². The Morgan fingerprint density at radius 2 is 1.13 bits per heavy atom. The summed E-state index contributed by atoms with van der Waals surface area (Å²) < 4.78 is 32.5. The number of carbonyl (C=O) groups excluding carboxylic acids is 2. The summed E-state index contributed by atoms with van der Waals surface area (Å²) in [5.41, 5.74) is 0. The van der Waals surface area contributed by atoms with Crippen LogP contribution in [0.4, 0.5) is 0 Å². The molecule has 0 aliphatic heterocycles. The zero-order valence-electron chi connectivity index (χ0n) is 28.9. The summed E-state index contributed by atoms with van der Waals surface area (Å²) in [7, 11) is -4.60. The fourth-order valence-electron chi connectivity index (χ4n) is 4.80. The van der Waals surface area contributed by atoms with Crippen molar-refractivity contribution < 1.29 is 47.8 Å². The van der Waals surface area contributed by atoms with Crippen molar-refractivity contribution >= 4 is 19.8 Å². The minimum absolute atomic E-state index is 0.187. The zero-order valence-corrected chi connectivity index (χ0v) is 29.8. The number of aliphatic hydroxyl groups excluding tert-OH is 2. The lowest BCUT2D eigenvalue weighted by atomic mass is 10.00. The molecule has 0 aromatic rings. The Morgan fingerprint density at radius 1 is 0.667 bits per heavy atom. The van der Waals surface area contributed by atoms with Gasteiger partial charge in [-0.25, -0.2) is 4.57 Å². The van der Waals surface area contributed by atoms with Crippen LogP contribution in [0.5, 0.6) is 0 Å². The van der Waals surface area contributed by atoms with Crippen LogP contribution in [0.15, 0.2) is 0 Å². The summed E-state index contributed by atoms with van der Waals surface area (Å²) in [6.45, 7) is 6.92. The van der Waals surface area contributed by atoms with Gasteiger partial charge in [0.05, 0.1) is 19.8 Å². The van der Waals surface area contributed by atoms with Gasteiger partial charge in [0.25, 0.3) is 0 Å². The lowest BCUT2D eigenvalue weighted by Gasteiger charge is -2.20. The molecule has 0 aromatic carbocycles. The minimum Gasteiger partial charge on any atom is -0.462 e. The van der Waals surface area contributed by atoms with Gasteiger partial charge in [0.15, 0.2) is 6.10 Å². The lowest BCUT2D eigenvalue weighted by Crippen LogP contribution is -2.29. The van der Waals surface area contributed by atoms with E-state index in [0.717, 1.165) is 50.4 Å². The Balaban J connectivity index is 4.43. The molecule has 0 amide bonds. The number of rotatable bonds is 32. The maximum Gasteiger partial charge on any atom is 0.472 e. The number of phosphoric ester groups is 1. The van der Waals surface area contributed by atoms with Crippen LogP contribution in [0.2, 0.25) is 0 Å². The van der Waals surface area contributed by atoms with E-state index in [1.807, 2.05) is 0 Å². The summed E-state index contributed by atoms with van der Waals surface area (Å²) in [6, 6.07) is 0. The molecule has 0 fully saturated rings. The Labute approximate surface area is 273 Å². The van der Waals surface area contributed by atoms with Crippen molar-refractivity contribution in [3.8, 4) is 0 Å². The summed E-state index contributed by atoms with van der Waals surface area (Å²) in [4.78, 5) is 34.7. The van der Waals surface area contributed by atoms with E-state index in [0.29, 0.717) is 12.8 Å². The van der Waals surface area contributed by atoms with Gasteiger partial charge in [-0.05, 0) is 24.7 Å². The average Bonchev–Trinajstić information content (AvgIpc) is 3.00. The number of carbonyl (C=O) groups is 2. The number of ether oxygens (including phenoxy) is 2. The summed E-state index contributed by atoms with van der Waals surface area (Å²) in [5, 5.41) is 18.2. The Hall–Kier alpha value is -1.03. The van der Waals surface area contributed by atoms with Crippen LogP contribution in [0.25, 0.3) is 0 Å². The summed E-state index contributed by atoms with van der Waals surface area (Å²) >= 11 is 0. The van der Waals surface area contributed by atoms with Crippen molar-refractivity contribution in [3.05, 3.63) is 0 Å². The van der Waals surface area contributed by atoms with Gasteiger partial charge in [0.2, 0.25) is 0 Å². The van der Waals surface area contributed by atoms with E-state index in [9.17, 15) is 24.2 Å². The monoisotopic (exact) mass is 666 g/mol. The Kier molecular flexibility index (Phi) is 28.5. The molecule has 0 spiro atoms. The molecule has 3 N–H and O–H groups in total. The van der Waals surface area contributed by atoms with Crippen molar-refractivity contribution in [2.45, 2.75) is 168 Å². The molecule has 0 heterocycles. The highest BCUT2D eigenvalue weighted by molar-refractivity contribution is 7.47. The van der Waals surface area contributed by atoms with Gasteiger partial charge in [-0.3, -0.25) is 18.6 Å². The molecule has 2 unspecified atom stereocenters. The molecule has 268 valence electrons. The van der Waals surface area contributed by atoms with Crippen LogP contribution >= 0.6 is 7.82 Å². The van der Waals surface area contributed by atoms with Crippen LogP contribution in [0.3, 0.4) is 0 Å². The molecule has 0 bridgehead atoms. The maximum atomic E-state index is 12.5. The first-order valence-corrected chi connectivity index (χ1v) is 19.2. The maximum absolute atomic E-state index is 12.5.